The molecule has 0 aliphatic carbocycles. The average molecular weight is 416 g/mol. The van der Waals surface area contributed by atoms with Crippen LogP contribution in [0.2, 0.25) is 0 Å². The number of benzene rings is 2. The minimum Gasteiger partial charge on any atom is -0.457 e. The van der Waals surface area contributed by atoms with Gasteiger partial charge in [-0.2, -0.15) is 0 Å². The predicted molar refractivity (Wildman–Crippen MR) is 118 cm³/mol. The lowest BCUT2D eigenvalue weighted by Crippen LogP contribution is -2.33. The number of amides is 1. The van der Waals surface area contributed by atoms with Crippen LogP contribution < -0.4 is 15.2 Å². The van der Waals surface area contributed by atoms with Crippen LogP contribution in [-0.4, -0.2) is 35.2 Å². The maximum atomic E-state index is 12.1. The van der Waals surface area contributed by atoms with Crippen molar-refractivity contribution < 1.29 is 14.3 Å². The number of aromatic nitrogens is 1. The Morgan fingerprint density at radius 2 is 1.74 bits per heavy atom. The van der Waals surface area contributed by atoms with E-state index in [1.807, 2.05) is 35.2 Å². The van der Waals surface area contributed by atoms with Gasteiger partial charge in [-0.15, -0.1) is 0 Å². The van der Waals surface area contributed by atoms with Gasteiger partial charge in [-0.1, -0.05) is 18.2 Å². The normalized spacial score (nSPS) is 15.9. The number of hydrogen-bond donors (Lipinski definition) is 2. The average Bonchev–Trinajstić information content (AvgIpc) is 2.81. The molecule has 7 heteroatoms. The molecule has 158 valence electrons. The van der Waals surface area contributed by atoms with Crippen LogP contribution in [0.5, 0.6) is 23.1 Å². The molecule has 0 unspecified atom stereocenters. The third-order valence-corrected chi connectivity index (χ3v) is 5.26. The number of carbonyl (C=O) groups excluding carboxylic acids is 1. The summed E-state index contributed by atoms with van der Waals surface area (Å²) in [6, 6.07) is 18.3. The fourth-order valence-electron chi connectivity index (χ4n) is 3.66. The molecule has 2 heterocycles. The first-order valence-corrected chi connectivity index (χ1v) is 10.2. The second kappa shape index (κ2) is 9.30. The zero-order valence-electron chi connectivity index (χ0n) is 17.0. The first-order valence-electron chi connectivity index (χ1n) is 10.2. The summed E-state index contributed by atoms with van der Waals surface area (Å²) in [5.74, 6) is 1.72. The Morgan fingerprint density at radius 1 is 1.06 bits per heavy atom. The van der Waals surface area contributed by atoms with Gasteiger partial charge < -0.3 is 20.1 Å². The van der Waals surface area contributed by atoms with Crippen LogP contribution >= 0.6 is 0 Å². The number of carbonyl (C=O) groups is 1. The van der Waals surface area contributed by atoms with Crippen molar-refractivity contribution in [1.29, 1.82) is 5.41 Å². The largest absolute Gasteiger partial charge is 0.457 e. The highest BCUT2D eigenvalue weighted by Gasteiger charge is 2.22. The van der Waals surface area contributed by atoms with Gasteiger partial charge in [0.25, 0.3) is 5.91 Å². The molecular weight excluding hydrogens is 392 g/mol. The van der Waals surface area contributed by atoms with E-state index in [0.717, 1.165) is 37.2 Å². The molecule has 3 aromatic rings. The molecule has 1 atom stereocenters. The maximum absolute atomic E-state index is 12.1. The molecule has 7 nitrogen and oxygen atoms in total. The number of para-hydroxylation sites is 1. The zero-order valence-corrected chi connectivity index (χ0v) is 17.0. The first kappa shape index (κ1) is 20.4. The zero-order chi connectivity index (χ0) is 21.6. The smallest absolute Gasteiger partial charge is 0.254 e. The maximum Gasteiger partial charge on any atom is 0.254 e. The number of nitrogens with zero attached hydrogens (tertiary/aromatic N) is 2. The minimum atomic E-state index is -0.590. The van der Waals surface area contributed by atoms with Crippen LogP contribution in [0.25, 0.3) is 0 Å². The Balaban J connectivity index is 1.50. The Kier molecular flexibility index (Phi) is 6.12. The van der Waals surface area contributed by atoms with Crippen molar-refractivity contribution in [3.8, 4) is 23.1 Å². The monoisotopic (exact) mass is 416 g/mol. The van der Waals surface area contributed by atoms with Crippen molar-refractivity contribution in [2.75, 3.05) is 13.1 Å². The lowest BCUT2D eigenvalue weighted by Gasteiger charge is -2.31. The third kappa shape index (κ3) is 5.01. The molecule has 0 radical (unpaired) electrons. The SMILES string of the molecule is N=CN1CCC[C@@H](c2cnc(Oc3ccc(Oc4ccccc4)cc3)c(C(N)=O)c2)C1. The topological polar surface area (TPSA) is 102 Å². The first-order chi connectivity index (χ1) is 15.1. The van der Waals surface area contributed by atoms with Gasteiger partial charge in [0.05, 0.1) is 6.34 Å². The van der Waals surface area contributed by atoms with Gasteiger partial charge in [-0.05, 0) is 60.9 Å². The summed E-state index contributed by atoms with van der Waals surface area (Å²) >= 11 is 0. The van der Waals surface area contributed by atoms with Crippen LogP contribution in [0, 0.1) is 5.41 Å². The van der Waals surface area contributed by atoms with E-state index in [1.165, 1.54) is 6.34 Å². The van der Waals surface area contributed by atoms with E-state index in [-0.39, 0.29) is 17.4 Å². The Morgan fingerprint density at radius 3 is 2.42 bits per heavy atom. The van der Waals surface area contributed by atoms with Gasteiger partial charge >= 0.3 is 0 Å². The summed E-state index contributed by atoms with van der Waals surface area (Å²) in [5.41, 5.74) is 6.78. The van der Waals surface area contributed by atoms with Gasteiger partial charge in [0.2, 0.25) is 5.88 Å². The molecule has 1 aromatic heterocycles. The second-order valence-corrected chi connectivity index (χ2v) is 7.44. The van der Waals surface area contributed by atoms with Crippen molar-refractivity contribution in [1.82, 2.24) is 9.88 Å². The number of piperidine rings is 1. The van der Waals surface area contributed by atoms with Crippen LogP contribution in [0.15, 0.2) is 66.9 Å². The summed E-state index contributed by atoms with van der Waals surface area (Å²) < 4.78 is 11.6. The lowest BCUT2D eigenvalue weighted by atomic mass is 9.91. The molecule has 4 rings (SSSR count). The number of rotatable bonds is 7. The van der Waals surface area contributed by atoms with E-state index in [4.69, 9.17) is 20.6 Å². The van der Waals surface area contributed by atoms with Gasteiger partial charge in [-0.25, -0.2) is 4.98 Å². The molecule has 0 bridgehead atoms. The molecule has 2 aromatic carbocycles. The van der Waals surface area contributed by atoms with Crippen molar-refractivity contribution in [2.24, 2.45) is 5.73 Å². The number of likely N-dealkylation sites (tertiary alicyclic amines) is 1. The van der Waals surface area contributed by atoms with E-state index < -0.39 is 5.91 Å². The molecule has 0 saturated carbocycles. The summed E-state index contributed by atoms with van der Waals surface area (Å²) in [7, 11) is 0. The quantitative estimate of drug-likeness (QED) is 0.435. The molecule has 1 aliphatic rings. The van der Waals surface area contributed by atoms with Gasteiger partial charge in [0, 0.05) is 25.2 Å². The Bertz CT molecular complexity index is 1050. The number of hydrogen-bond acceptors (Lipinski definition) is 5. The molecule has 1 fully saturated rings. The standard InChI is InChI=1S/C24H24N4O3/c25-16-28-12-4-5-17(15-28)18-13-22(23(26)29)24(27-14-18)31-21-10-8-20(9-11-21)30-19-6-2-1-3-7-19/h1-3,6-11,13-14,16-17,25H,4-5,12,15H2,(H2,26,29)/t17-/m1/s1. The fraction of sp³-hybridized carbons (Fsp3) is 0.208. The number of nitrogens with two attached hydrogens (primary N) is 1. The summed E-state index contributed by atoms with van der Waals surface area (Å²) in [6.07, 6.45) is 5.05. The molecule has 0 spiro atoms. The van der Waals surface area contributed by atoms with Gasteiger partial charge in [-0.3, -0.25) is 10.2 Å². The highest BCUT2D eigenvalue weighted by Crippen LogP contribution is 2.31. The Labute approximate surface area is 180 Å². The highest BCUT2D eigenvalue weighted by molar-refractivity contribution is 5.95. The summed E-state index contributed by atoms with van der Waals surface area (Å²) in [5, 5.41) is 7.48. The van der Waals surface area contributed by atoms with Crippen molar-refractivity contribution in [2.45, 2.75) is 18.8 Å². The Hall–Kier alpha value is -3.87. The van der Waals surface area contributed by atoms with Gasteiger partial charge in [0.15, 0.2) is 0 Å². The van der Waals surface area contributed by atoms with Crippen LogP contribution in [-0.2, 0) is 0 Å². The molecule has 1 aliphatic heterocycles. The molecule has 1 saturated heterocycles. The van der Waals surface area contributed by atoms with E-state index >= 15 is 0 Å². The number of pyridine rings is 1. The molecule has 31 heavy (non-hydrogen) atoms. The van der Waals surface area contributed by atoms with Crippen molar-refractivity contribution in [3.05, 3.63) is 78.0 Å². The van der Waals surface area contributed by atoms with Crippen molar-refractivity contribution >= 4 is 12.2 Å². The van der Waals surface area contributed by atoms with E-state index in [0.29, 0.717) is 11.5 Å². The van der Waals surface area contributed by atoms with Crippen LogP contribution in [0.4, 0.5) is 0 Å². The molecule has 3 N–H and O–H groups in total. The lowest BCUT2D eigenvalue weighted by molar-refractivity contribution is 0.0997. The third-order valence-electron chi connectivity index (χ3n) is 5.26. The number of primary amides is 1. The van der Waals surface area contributed by atoms with E-state index in [2.05, 4.69) is 4.98 Å². The fourth-order valence-corrected chi connectivity index (χ4v) is 3.66. The number of ether oxygens (including phenoxy) is 2. The molecule has 1 amide bonds. The number of nitrogens with one attached hydrogen (secondary N) is 1. The minimum absolute atomic E-state index is 0.174. The van der Waals surface area contributed by atoms with E-state index in [9.17, 15) is 4.79 Å². The van der Waals surface area contributed by atoms with Crippen LogP contribution in [0.3, 0.4) is 0 Å². The second-order valence-electron chi connectivity index (χ2n) is 7.44. The van der Waals surface area contributed by atoms with Crippen LogP contribution in [0.1, 0.15) is 34.7 Å². The van der Waals surface area contributed by atoms with Crippen molar-refractivity contribution in [3.63, 3.8) is 0 Å². The highest BCUT2D eigenvalue weighted by atomic mass is 16.5. The summed E-state index contributed by atoms with van der Waals surface area (Å²) in [6.45, 7) is 1.60. The molecular formula is C24H24N4O3. The van der Waals surface area contributed by atoms with E-state index in [1.54, 1.807) is 36.5 Å². The summed E-state index contributed by atoms with van der Waals surface area (Å²) in [4.78, 5) is 18.4. The van der Waals surface area contributed by atoms with Gasteiger partial charge in [0.1, 0.15) is 22.8 Å². The predicted octanol–water partition coefficient (Wildman–Crippen LogP) is 4.55.